The van der Waals surface area contributed by atoms with Crippen molar-refractivity contribution in [2.24, 2.45) is 0 Å². The Kier molecular flexibility index (Phi) is 5.70. The highest BCUT2D eigenvalue weighted by atomic mass is 16.5. The molecule has 0 atom stereocenters. The lowest BCUT2D eigenvalue weighted by molar-refractivity contribution is 0.198. The van der Waals surface area contributed by atoms with Crippen molar-refractivity contribution in [2.45, 2.75) is 44.8 Å². The molecular formula is C21H25N5O2. The molecule has 146 valence electrons. The van der Waals surface area contributed by atoms with Crippen molar-refractivity contribution in [1.82, 2.24) is 25.6 Å². The summed E-state index contributed by atoms with van der Waals surface area (Å²) in [7, 11) is 0. The van der Waals surface area contributed by atoms with Gasteiger partial charge in [0.05, 0.1) is 11.0 Å². The predicted octanol–water partition coefficient (Wildman–Crippen LogP) is 3.32. The molecule has 28 heavy (non-hydrogen) atoms. The van der Waals surface area contributed by atoms with E-state index in [9.17, 15) is 4.79 Å². The van der Waals surface area contributed by atoms with Gasteiger partial charge in [0.2, 0.25) is 5.88 Å². The number of hydrogen-bond donors (Lipinski definition) is 3. The third-order valence-electron chi connectivity index (χ3n) is 4.96. The molecule has 2 aromatic heterocycles. The number of aromatic nitrogens is 3. The number of pyridine rings is 1. The quantitative estimate of drug-likeness (QED) is 0.587. The van der Waals surface area contributed by atoms with E-state index in [0.717, 1.165) is 35.3 Å². The highest BCUT2D eigenvalue weighted by molar-refractivity contribution is 5.75. The first kappa shape index (κ1) is 18.3. The Labute approximate surface area is 163 Å². The zero-order valence-electron chi connectivity index (χ0n) is 15.8. The van der Waals surface area contributed by atoms with Crippen LogP contribution < -0.4 is 15.4 Å². The maximum absolute atomic E-state index is 12.1. The largest absolute Gasteiger partial charge is 0.474 e. The molecule has 2 amide bonds. The second kappa shape index (κ2) is 8.73. The summed E-state index contributed by atoms with van der Waals surface area (Å²) < 4.78 is 6.01. The van der Waals surface area contributed by atoms with Gasteiger partial charge in [-0.3, -0.25) is 0 Å². The average Bonchev–Trinajstić information content (AvgIpc) is 3.36. The van der Waals surface area contributed by atoms with Gasteiger partial charge in [-0.1, -0.05) is 18.2 Å². The molecule has 0 saturated heterocycles. The van der Waals surface area contributed by atoms with Crippen LogP contribution in [0.1, 0.15) is 37.1 Å². The van der Waals surface area contributed by atoms with Crippen molar-refractivity contribution < 1.29 is 9.53 Å². The summed E-state index contributed by atoms with van der Waals surface area (Å²) in [5, 5.41) is 5.74. The highest BCUT2D eigenvalue weighted by Gasteiger charge is 2.18. The number of nitrogens with one attached hydrogen (secondary N) is 3. The minimum atomic E-state index is -0.216. The van der Waals surface area contributed by atoms with Crippen molar-refractivity contribution >= 4 is 17.1 Å². The number of hydrogen-bond acceptors (Lipinski definition) is 4. The SMILES string of the molecule is O=C(NCCc1nc2ccccc2[nH]1)NCc1cccnc1OC1CCCC1. The molecule has 0 aliphatic heterocycles. The van der Waals surface area contributed by atoms with Gasteiger partial charge in [-0.2, -0.15) is 0 Å². The Balaban J connectivity index is 1.24. The van der Waals surface area contributed by atoms with Crippen molar-refractivity contribution in [1.29, 1.82) is 0 Å². The van der Waals surface area contributed by atoms with E-state index in [1.807, 2.05) is 36.4 Å². The van der Waals surface area contributed by atoms with Crippen LogP contribution in [-0.2, 0) is 13.0 Å². The summed E-state index contributed by atoms with van der Waals surface area (Å²) in [6, 6.07) is 11.5. The molecule has 1 fully saturated rings. The van der Waals surface area contributed by atoms with Crippen molar-refractivity contribution in [3.63, 3.8) is 0 Å². The van der Waals surface area contributed by atoms with Crippen LogP contribution >= 0.6 is 0 Å². The zero-order valence-corrected chi connectivity index (χ0v) is 15.8. The van der Waals surface area contributed by atoms with Gasteiger partial charge in [0.25, 0.3) is 0 Å². The number of ether oxygens (including phenoxy) is 1. The summed E-state index contributed by atoms with van der Waals surface area (Å²) in [5.41, 5.74) is 2.84. The lowest BCUT2D eigenvalue weighted by atomic mass is 10.2. The first-order chi connectivity index (χ1) is 13.8. The van der Waals surface area contributed by atoms with Gasteiger partial charge in [-0.05, 0) is 43.9 Å². The van der Waals surface area contributed by atoms with Crippen LogP contribution in [0.15, 0.2) is 42.6 Å². The third kappa shape index (κ3) is 4.60. The number of urea groups is 1. The Hall–Kier alpha value is -3.09. The summed E-state index contributed by atoms with van der Waals surface area (Å²) >= 11 is 0. The average molecular weight is 379 g/mol. The molecule has 4 rings (SSSR count). The Morgan fingerprint density at radius 3 is 2.86 bits per heavy atom. The molecule has 7 nitrogen and oxygen atoms in total. The third-order valence-corrected chi connectivity index (χ3v) is 4.96. The number of carbonyl (C=O) groups excluding carboxylic acids is 1. The van der Waals surface area contributed by atoms with Gasteiger partial charge in [-0.15, -0.1) is 0 Å². The fraction of sp³-hybridized carbons (Fsp3) is 0.381. The Morgan fingerprint density at radius 1 is 1.14 bits per heavy atom. The molecule has 1 aromatic carbocycles. The molecular weight excluding hydrogens is 354 g/mol. The number of rotatable bonds is 7. The molecule has 3 N–H and O–H groups in total. The summed E-state index contributed by atoms with van der Waals surface area (Å²) in [5.74, 6) is 1.48. The molecule has 1 aliphatic carbocycles. The van der Waals surface area contributed by atoms with E-state index in [0.29, 0.717) is 25.4 Å². The smallest absolute Gasteiger partial charge is 0.315 e. The number of imidazole rings is 1. The summed E-state index contributed by atoms with van der Waals surface area (Å²) in [6.45, 7) is 0.885. The maximum atomic E-state index is 12.1. The fourth-order valence-corrected chi connectivity index (χ4v) is 3.49. The first-order valence-corrected chi connectivity index (χ1v) is 9.84. The van der Waals surface area contributed by atoms with Gasteiger partial charge in [0.1, 0.15) is 11.9 Å². The summed E-state index contributed by atoms with van der Waals surface area (Å²) in [6.07, 6.45) is 7.17. The van der Waals surface area contributed by atoms with E-state index in [2.05, 4.69) is 25.6 Å². The van der Waals surface area contributed by atoms with E-state index >= 15 is 0 Å². The molecule has 7 heteroatoms. The second-order valence-electron chi connectivity index (χ2n) is 7.05. The van der Waals surface area contributed by atoms with Crippen molar-refractivity contribution in [3.05, 3.63) is 54.0 Å². The molecule has 3 aromatic rings. The molecule has 1 saturated carbocycles. The molecule has 0 unspecified atom stereocenters. The van der Waals surface area contributed by atoms with Crippen LogP contribution in [0, 0.1) is 0 Å². The zero-order chi connectivity index (χ0) is 19.2. The Morgan fingerprint density at radius 2 is 2.00 bits per heavy atom. The second-order valence-corrected chi connectivity index (χ2v) is 7.05. The number of amides is 2. The van der Waals surface area contributed by atoms with Crippen LogP contribution in [0.3, 0.4) is 0 Å². The minimum Gasteiger partial charge on any atom is -0.474 e. The Bertz CT molecular complexity index is 900. The number of nitrogens with zero attached hydrogens (tertiary/aromatic N) is 2. The van der Waals surface area contributed by atoms with Crippen molar-refractivity contribution in [2.75, 3.05) is 6.54 Å². The standard InChI is InChI=1S/C21H25N5O2/c27-21(23-13-11-19-25-17-9-3-4-10-18(17)26-19)24-14-15-6-5-12-22-20(15)28-16-7-1-2-8-16/h3-6,9-10,12,16H,1-2,7-8,11,13-14H2,(H,25,26)(H2,23,24,27). The molecule has 0 spiro atoms. The van der Waals surface area contributed by atoms with Gasteiger partial charge in [-0.25, -0.2) is 14.8 Å². The van der Waals surface area contributed by atoms with Crippen LogP contribution in [-0.4, -0.2) is 33.6 Å². The molecule has 2 heterocycles. The van der Waals surface area contributed by atoms with Gasteiger partial charge in [0, 0.05) is 31.3 Å². The fourth-order valence-electron chi connectivity index (χ4n) is 3.49. The van der Waals surface area contributed by atoms with E-state index in [1.54, 1.807) is 6.20 Å². The normalized spacial score (nSPS) is 14.3. The number of carbonyl (C=O) groups is 1. The predicted molar refractivity (Wildman–Crippen MR) is 107 cm³/mol. The number of H-pyrrole nitrogens is 1. The van der Waals surface area contributed by atoms with Crippen LogP contribution in [0.25, 0.3) is 11.0 Å². The molecule has 1 aliphatic rings. The number of aromatic amines is 1. The maximum Gasteiger partial charge on any atom is 0.315 e. The van der Waals surface area contributed by atoms with Gasteiger partial charge < -0.3 is 20.4 Å². The van der Waals surface area contributed by atoms with E-state index < -0.39 is 0 Å². The van der Waals surface area contributed by atoms with Crippen LogP contribution in [0.2, 0.25) is 0 Å². The molecule has 0 radical (unpaired) electrons. The van der Waals surface area contributed by atoms with E-state index in [1.165, 1.54) is 12.8 Å². The number of benzene rings is 1. The van der Waals surface area contributed by atoms with Crippen molar-refractivity contribution in [3.8, 4) is 5.88 Å². The van der Waals surface area contributed by atoms with Gasteiger partial charge in [0.15, 0.2) is 0 Å². The van der Waals surface area contributed by atoms with Crippen LogP contribution in [0.5, 0.6) is 5.88 Å². The highest BCUT2D eigenvalue weighted by Crippen LogP contribution is 2.24. The topological polar surface area (TPSA) is 91.9 Å². The summed E-state index contributed by atoms with van der Waals surface area (Å²) in [4.78, 5) is 24.2. The van der Waals surface area contributed by atoms with E-state index in [-0.39, 0.29) is 12.1 Å². The molecule has 0 bridgehead atoms. The number of para-hydroxylation sites is 2. The lowest BCUT2D eigenvalue weighted by Crippen LogP contribution is -2.36. The minimum absolute atomic E-state index is 0.216. The lowest BCUT2D eigenvalue weighted by Gasteiger charge is -2.15. The first-order valence-electron chi connectivity index (χ1n) is 9.84. The van der Waals surface area contributed by atoms with Crippen LogP contribution in [0.4, 0.5) is 4.79 Å². The van der Waals surface area contributed by atoms with E-state index in [4.69, 9.17) is 4.74 Å². The van der Waals surface area contributed by atoms with Gasteiger partial charge >= 0.3 is 6.03 Å². The monoisotopic (exact) mass is 379 g/mol. The number of fused-ring (bicyclic) bond motifs is 1.